The molecule has 0 aliphatic heterocycles. The summed E-state index contributed by atoms with van der Waals surface area (Å²) in [4.78, 5) is 34.4. The topological polar surface area (TPSA) is 95.5 Å². The Hall–Kier alpha value is -2.64. The van der Waals surface area contributed by atoms with Gasteiger partial charge in [0.25, 0.3) is 5.91 Å². The van der Waals surface area contributed by atoms with Gasteiger partial charge in [-0.1, -0.05) is 17.7 Å². The van der Waals surface area contributed by atoms with Gasteiger partial charge in [0, 0.05) is 17.8 Å². The van der Waals surface area contributed by atoms with Crippen LogP contribution in [-0.4, -0.2) is 22.9 Å². The molecule has 0 spiro atoms. The van der Waals surface area contributed by atoms with E-state index >= 15 is 0 Å². The van der Waals surface area contributed by atoms with E-state index < -0.39 is 11.9 Å². The van der Waals surface area contributed by atoms with Crippen molar-refractivity contribution in [1.82, 2.24) is 0 Å². The summed E-state index contributed by atoms with van der Waals surface area (Å²) < 4.78 is 0. The molecule has 6 nitrogen and oxygen atoms in total. The fraction of sp³-hybridized carbons (Fsp3) is 0. The standard InChI is InChI=1S/C15H11ClN2O4S/c16-10-4-3-9(17-13(19)5-6-14(20)21)8-11(10)18-15(22)12-2-1-7-23-12/h1-8H,(H,17,19)(H,18,22)(H,20,21). The first-order valence-corrected chi connectivity index (χ1v) is 7.58. The van der Waals surface area contributed by atoms with Gasteiger partial charge in [-0.05, 0) is 29.6 Å². The third-order valence-electron chi connectivity index (χ3n) is 2.60. The molecule has 0 aliphatic rings. The number of rotatable bonds is 5. The molecule has 0 saturated heterocycles. The van der Waals surface area contributed by atoms with Gasteiger partial charge in [0.2, 0.25) is 5.91 Å². The van der Waals surface area contributed by atoms with Crippen molar-refractivity contribution in [3.63, 3.8) is 0 Å². The number of benzene rings is 1. The van der Waals surface area contributed by atoms with E-state index in [4.69, 9.17) is 16.7 Å². The Bertz CT molecular complexity index is 772. The van der Waals surface area contributed by atoms with Gasteiger partial charge in [0.15, 0.2) is 0 Å². The number of carboxylic acid groups (broad SMARTS) is 1. The Morgan fingerprint density at radius 3 is 2.57 bits per heavy atom. The van der Waals surface area contributed by atoms with Gasteiger partial charge in [-0.15, -0.1) is 11.3 Å². The van der Waals surface area contributed by atoms with Gasteiger partial charge in [0.05, 0.1) is 15.6 Å². The van der Waals surface area contributed by atoms with Crippen LogP contribution in [-0.2, 0) is 9.59 Å². The number of thiophene rings is 1. The first-order chi connectivity index (χ1) is 11.0. The second-order valence-electron chi connectivity index (χ2n) is 4.29. The molecule has 118 valence electrons. The minimum atomic E-state index is -1.22. The summed E-state index contributed by atoms with van der Waals surface area (Å²) in [7, 11) is 0. The largest absolute Gasteiger partial charge is 0.478 e. The maximum absolute atomic E-state index is 12.0. The summed E-state index contributed by atoms with van der Waals surface area (Å²) >= 11 is 7.32. The molecule has 8 heteroatoms. The molecular formula is C15H11ClN2O4S. The maximum atomic E-state index is 12.0. The van der Waals surface area contributed by atoms with Crippen molar-refractivity contribution in [1.29, 1.82) is 0 Å². The minimum Gasteiger partial charge on any atom is -0.478 e. The SMILES string of the molecule is O=C(O)C=CC(=O)Nc1ccc(Cl)c(NC(=O)c2cccs2)c1. The maximum Gasteiger partial charge on any atom is 0.328 e. The number of carbonyl (C=O) groups excluding carboxylic acids is 2. The summed E-state index contributed by atoms with van der Waals surface area (Å²) in [6.45, 7) is 0. The Morgan fingerprint density at radius 1 is 1.13 bits per heavy atom. The van der Waals surface area contributed by atoms with E-state index in [0.717, 1.165) is 12.2 Å². The van der Waals surface area contributed by atoms with E-state index in [0.29, 0.717) is 21.3 Å². The zero-order valence-electron chi connectivity index (χ0n) is 11.6. The Kier molecular flexibility index (Phi) is 5.51. The summed E-state index contributed by atoms with van der Waals surface area (Å²) in [5, 5.41) is 15.7. The fourth-order valence-electron chi connectivity index (χ4n) is 1.62. The first-order valence-electron chi connectivity index (χ1n) is 6.32. The normalized spacial score (nSPS) is 10.5. The molecule has 0 aliphatic carbocycles. The van der Waals surface area contributed by atoms with Crippen molar-refractivity contribution in [3.8, 4) is 0 Å². The molecule has 3 N–H and O–H groups in total. The predicted octanol–water partition coefficient (Wildman–Crippen LogP) is 3.23. The number of halogens is 1. The number of carboxylic acids is 1. The van der Waals surface area contributed by atoms with E-state index in [1.54, 1.807) is 17.5 Å². The van der Waals surface area contributed by atoms with Gasteiger partial charge >= 0.3 is 5.97 Å². The highest BCUT2D eigenvalue weighted by Crippen LogP contribution is 2.26. The van der Waals surface area contributed by atoms with Crippen LogP contribution in [0.15, 0.2) is 47.9 Å². The van der Waals surface area contributed by atoms with Crippen LogP contribution in [0.25, 0.3) is 0 Å². The van der Waals surface area contributed by atoms with Crippen molar-refractivity contribution in [3.05, 3.63) is 57.8 Å². The lowest BCUT2D eigenvalue weighted by atomic mass is 10.2. The van der Waals surface area contributed by atoms with E-state index in [2.05, 4.69) is 10.6 Å². The summed E-state index contributed by atoms with van der Waals surface area (Å²) in [6.07, 6.45) is 1.62. The molecular weight excluding hydrogens is 340 g/mol. The molecule has 0 radical (unpaired) electrons. The van der Waals surface area contributed by atoms with Crippen molar-refractivity contribution in [2.75, 3.05) is 10.6 Å². The first kappa shape index (κ1) is 16.7. The molecule has 2 aromatic rings. The van der Waals surface area contributed by atoms with Crippen molar-refractivity contribution in [2.45, 2.75) is 0 Å². The van der Waals surface area contributed by atoms with Gasteiger partial charge in [-0.25, -0.2) is 4.79 Å². The fourth-order valence-corrected chi connectivity index (χ4v) is 2.41. The highest BCUT2D eigenvalue weighted by Gasteiger charge is 2.10. The van der Waals surface area contributed by atoms with Crippen molar-refractivity contribution in [2.24, 2.45) is 0 Å². The second-order valence-corrected chi connectivity index (χ2v) is 5.64. The number of anilines is 2. The van der Waals surface area contributed by atoms with E-state index in [1.807, 2.05) is 0 Å². The molecule has 0 unspecified atom stereocenters. The number of hydrogen-bond acceptors (Lipinski definition) is 4. The van der Waals surface area contributed by atoms with E-state index in [-0.39, 0.29) is 5.91 Å². The van der Waals surface area contributed by atoms with Crippen molar-refractivity contribution >= 4 is 52.1 Å². The highest BCUT2D eigenvalue weighted by molar-refractivity contribution is 7.12. The van der Waals surface area contributed by atoms with Crippen LogP contribution >= 0.6 is 22.9 Å². The van der Waals surface area contributed by atoms with Crippen LogP contribution in [0.3, 0.4) is 0 Å². The van der Waals surface area contributed by atoms with Crippen LogP contribution in [0.1, 0.15) is 9.67 Å². The van der Waals surface area contributed by atoms with Gasteiger partial charge in [0.1, 0.15) is 0 Å². The third kappa shape index (κ3) is 4.94. The highest BCUT2D eigenvalue weighted by atomic mass is 35.5. The zero-order chi connectivity index (χ0) is 16.8. The average Bonchev–Trinajstić information content (AvgIpc) is 3.03. The van der Waals surface area contributed by atoms with Gasteiger partial charge < -0.3 is 15.7 Å². The lowest BCUT2D eigenvalue weighted by Crippen LogP contribution is -2.12. The molecule has 0 fully saturated rings. The number of aliphatic carboxylic acids is 1. The summed E-state index contributed by atoms with van der Waals surface area (Å²) in [5.41, 5.74) is 0.709. The summed E-state index contributed by atoms with van der Waals surface area (Å²) in [6, 6.07) is 7.97. The third-order valence-corrected chi connectivity index (χ3v) is 3.80. The average molecular weight is 351 g/mol. The summed E-state index contributed by atoms with van der Waals surface area (Å²) in [5.74, 6) is -2.14. The molecule has 2 rings (SSSR count). The number of amides is 2. The Labute approximate surface area is 140 Å². The quantitative estimate of drug-likeness (QED) is 0.721. The number of hydrogen-bond donors (Lipinski definition) is 3. The molecule has 0 bridgehead atoms. The molecule has 1 aromatic heterocycles. The molecule has 23 heavy (non-hydrogen) atoms. The predicted molar refractivity (Wildman–Crippen MR) is 89.1 cm³/mol. The van der Waals surface area contributed by atoms with Crippen molar-refractivity contribution < 1.29 is 19.5 Å². The molecule has 1 aromatic carbocycles. The van der Waals surface area contributed by atoms with Crippen LogP contribution in [0.4, 0.5) is 11.4 Å². The van der Waals surface area contributed by atoms with Crippen LogP contribution in [0.5, 0.6) is 0 Å². The Balaban J connectivity index is 2.11. The second kappa shape index (κ2) is 7.57. The van der Waals surface area contributed by atoms with E-state index in [9.17, 15) is 14.4 Å². The van der Waals surface area contributed by atoms with E-state index in [1.165, 1.54) is 29.5 Å². The smallest absolute Gasteiger partial charge is 0.328 e. The molecule has 2 amide bonds. The molecule has 0 saturated carbocycles. The monoisotopic (exact) mass is 350 g/mol. The van der Waals surface area contributed by atoms with Crippen LogP contribution in [0, 0.1) is 0 Å². The van der Waals surface area contributed by atoms with Crippen LogP contribution in [0.2, 0.25) is 5.02 Å². The zero-order valence-corrected chi connectivity index (χ0v) is 13.1. The number of carbonyl (C=O) groups is 3. The molecule has 0 atom stereocenters. The lowest BCUT2D eigenvalue weighted by molar-refractivity contribution is -0.131. The lowest BCUT2D eigenvalue weighted by Gasteiger charge is -2.09. The van der Waals surface area contributed by atoms with Crippen LogP contribution < -0.4 is 10.6 Å². The van der Waals surface area contributed by atoms with Gasteiger partial charge in [-0.2, -0.15) is 0 Å². The molecule has 1 heterocycles. The van der Waals surface area contributed by atoms with Gasteiger partial charge in [-0.3, -0.25) is 9.59 Å². The number of nitrogens with one attached hydrogen (secondary N) is 2. The Morgan fingerprint density at radius 2 is 1.91 bits per heavy atom. The minimum absolute atomic E-state index is 0.309.